The van der Waals surface area contributed by atoms with Gasteiger partial charge in [0.05, 0.1) is 11.5 Å². The van der Waals surface area contributed by atoms with Crippen LogP contribution >= 0.6 is 0 Å². The van der Waals surface area contributed by atoms with Crippen molar-refractivity contribution < 1.29 is 19.6 Å². The fourth-order valence-corrected chi connectivity index (χ4v) is 4.54. The van der Waals surface area contributed by atoms with Crippen molar-refractivity contribution in [3.63, 3.8) is 0 Å². The number of nitrogens with one attached hydrogen (secondary N) is 1. The van der Waals surface area contributed by atoms with Crippen LogP contribution in [0.3, 0.4) is 0 Å². The van der Waals surface area contributed by atoms with E-state index in [2.05, 4.69) is 40.0 Å². The first-order valence-electron chi connectivity index (χ1n) is 10.9. The van der Waals surface area contributed by atoms with Crippen molar-refractivity contribution in [2.75, 3.05) is 0 Å². The summed E-state index contributed by atoms with van der Waals surface area (Å²) in [6.45, 7) is 6.77. The average molecular weight is 441 g/mol. The Balaban J connectivity index is 1.27. The Bertz CT molecular complexity index is 1220. The van der Waals surface area contributed by atoms with Crippen LogP contribution in [0.15, 0.2) is 67.5 Å². The molecule has 0 saturated carbocycles. The van der Waals surface area contributed by atoms with Crippen molar-refractivity contribution in [1.29, 1.82) is 0 Å². The Hall–Kier alpha value is -3.62. The van der Waals surface area contributed by atoms with Gasteiger partial charge in [-0.25, -0.2) is 4.79 Å². The van der Waals surface area contributed by atoms with Crippen LogP contribution in [0.4, 0.5) is 0 Å². The van der Waals surface area contributed by atoms with Crippen LogP contribution in [-0.2, 0) is 26.1 Å². The van der Waals surface area contributed by atoms with Crippen LogP contribution in [-0.4, -0.2) is 39.0 Å². The molecular formula is C25H24BN3O4. The number of carbonyl (C=O) groups is 1. The number of carboxylic acid groups (broad SMARTS) is 1. The van der Waals surface area contributed by atoms with E-state index in [0.717, 1.165) is 30.8 Å². The van der Waals surface area contributed by atoms with Gasteiger partial charge in [0.2, 0.25) is 0 Å². The minimum Gasteiger partial charge on any atom is -0.534 e. The second-order valence-corrected chi connectivity index (χ2v) is 8.53. The predicted octanol–water partition coefficient (Wildman–Crippen LogP) is 2.88. The maximum absolute atomic E-state index is 11.4. The SMILES string of the molecule is C=C(N[C@H]1Cc2cccc(C(=O)O)c2OB1O)c1ccc2c(c1)CN(Cc1cccnc1)C2. The average Bonchev–Trinajstić information content (AvgIpc) is 3.21. The van der Waals surface area contributed by atoms with Gasteiger partial charge in [0.25, 0.3) is 0 Å². The first-order chi connectivity index (χ1) is 16.0. The van der Waals surface area contributed by atoms with Crippen molar-refractivity contribution >= 4 is 18.8 Å². The molecule has 0 amide bonds. The molecule has 2 aliphatic rings. The van der Waals surface area contributed by atoms with E-state index in [9.17, 15) is 14.9 Å². The predicted molar refractivity (Wildman–Crippen MR) is 125 cm³/mol. The van der Waals surface area contributed by atoms with Crippen LogP contribution in [0.25, 0.3) is 5.70 Å². The maximum atomic E-state index is 11.4. The molecule has 0 aliphatic carbocycles. The lowest BCUT2D eigenvalue weighted by Crippen LogP contribution is -2.50. The Kier molecular flexibility index (Phi) is 5.62. The van der Waals surface area contributed by atoms with Gasteiger partial charge in [-0.2, -0.15) is 0 Å². The van der Waals surface area contributed by atoms with Gasteiger partial charge in [-0.15, -0.1) is 0 Å². The summed E-state index contributed by atoms with van der Waals surface area (Å²) in [7, 11) is -1.18. The first-order valence-corrected chi connectivity index (χ1v) is 10.9. The smallest absolute Gasteiger partial charge is 0.534 e. The molecule has 0 saturated heterocycles. The highest BCUT2D eigenvalue weighted by Crippen LogP contribution is 2.31. The molecule has 3 heterocycles. The number of fused-ring (bicyclic) bond motifs is 2. The molecule has 0 bridgehead atoms. The number of aromatic nitrogens is 1. The van der Waals surface area contributed by atoms with E-state index < -0.39 is 19.0 Å². The summed E-state index contributed by atoms with van der Waals surface area (Å²) in [5.41, 5.74) is 6.18. The summed E-state index contributed by atoms with van der Waals surface area (Å²) in [6.07, 6.45) is 4.11. The summed E-state index contributed by atoms with van der Waals surface area (Å²) < 4.78 is 5.58. The second kappa shape index (κ2) is 8.73. The van der Waals surface area contributed by atoms with E-state index in [1.165, 1.54) is 22.8 Å². The quantitative estimate of drug-likeness (QED) is 0.507. The van der Waals surface area contributed by atoms with Crippen molar-refractivity contribution in [3.05, 3.63) is 101 Å². The molecule has 2 aliphatic heterocycles. The van der Waals surface area contributed by atoms with E-state index in [1.54, 1.807) is 12.3 Å². The number of rotatable bonds is 6. The van der Waals surface area contributed by atoms with Crippen LogP contribution in [0.5, 0.6) is 5.75 Å². The van der Waals surface area contributed by atoms with Gasteiger partial charge >= 0.3 is 13.1 Å². The van der Waals surface area contributed by atoms with Crippen LogP contribution in [0.1, 0.15) is 38.2 Å². The fourth-order valence-electron chi connectivity index (χ4n) is 4.54. The third kappa shape index (κ3) is 4.35. The molecule has 5 rings (SSSR count). The molecule has 1 atom stereocenters. The molecule has 0 unspecified atom stereocenters. The molecule has 0 radical (unpaired) electrons. The lowest BCUT2D eigenvalue weighted by atomic mass is 9.72. The van der Waals surface area contributed by atoms with Crippen molar-refractivity contribution in [2.24, 2.45) is 0 Å². The van der Waals surface area contributed by atoms with Crippen molar-refractivity contribution in [1.82, 2.24) is 15.2 Å². The molecule has 2 aromatic carbocycles. The lowest BCUT2D eigenvalue weighted by Gasteiger charge is -2.30. The van der Waals surface area contributed by atoms with Crippen LogP contribution in [0, 0.1) is 0 Å². The molecule has 3 N–H and O–H groups in total. The van der Waals surface area contributed by atoms with E-state index >= 15 is 0 Å². The van der Waals surface area contributed by atoms with Crippen molar-refractivity contribution in [2.45, 2.75) is 32.0 Å². The zero-order valence-electron chi connectivity index (χ0n) is 18.1. The molecule has 3 aromatic rings. The number of nitrogens with zero attached hydrogens (tertiary/aromatic N) is 2. The van der Waals surface area contributed by atoms with E-state index in [-0.39, 0.29) is 11.3 Å². The highest BCUT2D eigenvalue weighted by Gasteiger charge is 2.37. The Labute approximate surface area is 192 Å². The second-order valence-electron chi connectivity index (χ2n) is 8.53. The molecule has 166 valence electrons. The molecule has 8 heteroatoms. The lowest BCUT2D eigenvalue weighted by molar-refractivity contribution is 0.0694. The summed E-state index contributed by atoms with van der Waals surface area (Å²) >= 11 is 0. The van der Waals surface area contributed by atoms with Gasteiger partial charge in [0, 0.05) is 37.7 Å². The largest absolute Gasteiger partial charge is 0.546 e. The van der Waals surface area contributed by atoms with Gasteiger partial charge in [0.1, 0.15) is 5.75 Å². The third-order valence-electron chi connectivity index (χ3n) is 6.18. The van der Waals surface area contributed by atoms with E-state index in [0.29, 0.717) is 12.1 Å². The molecule has 7 nitrogen and oxygen atoms in total. The van der Waals surface area contributed by atoms with Crippen molar-refractivity contribution in [3.8, 4) is 5.75 Å². The monoisotopic (exact) mass is 441 g/mol. The Morgan fingerprint density at radius 3 is 2.82 bits per heavy atom. The highest BCUT2D eigenvalue weighted by atomic mass is 16.5. The highest BCUT2D eigenvalue weighted by molar-refractivity contribution is 6.46. The number of hydrogen-bond donors (Lipinski definition) is 3. The summed E-state index contributed by atoms with van der Waals surface area (Å²) in [5, 5.41) is 23.2. The van der Waals surface area contributed by atoms with Gasteiger partial charge in [-0.1, -0.05) is 36.9 Å². The summed E-state index contributed by atoms with van der Waals surface area (Å²) in [6, 6.07) is 15.3. The zero-order chi connectivity index (χ0) is 22.9. The zero-order valence-corrected chi connectivity index (χ0v) is 18.1. The minimum atomic E-state index is -1.18. The summed E-state index contributed by atoms with van der Waals surface area (Å²) in [4.78, 5) is 18.0. The molecule has 0 spiro atoms. The topological polar surface area (TPSA) is 94.9 Å². The van der Waals surface area contributed by atoms with E-state index in [1.807, 2.05) is 24.4 Å². The number of benzene rings is 2. The maximum Gasteiger partial charge on any atom is 0.546 e. The normalized spacial score (nSPS) is 17.1. The minimum absolute atomic E-state index is 0.0540. The molecule has 33 heavy (non-hydrogen) atoms. The third-order valence-corrected chi connectivity index (χ3v) is 6.18. The van der Waals surface area contributed by atoms with Gasteiger partial charge in [-0.3, -0.25) is 9.88 Å². The Morgan fingerprint density at radius 2 is 2.03 bits per heavy atom. The molecule has 1 aromatic heterocycles. The Morgan fingerprint density at radius 1 is 1.18 bits per heavy atom. The number of carboxylic acids is 1. The number of para-hydroxylation sites is 1. The van der Waals surface area contributed by atoms with Gasteiger partial charge in [-0.05, 0) is 52.4 Å². The van der Waals surface area contributed by atoms with Crippen LogP contribution < -0.4 is 9.97 Å². The van der Waals surface area contributed by atoms with Gasteiger partial charge in [0.15, 0.2) is 0 Å². The number of aromatic carboxylic acids is 1. The molecular weight excluding hydrogens is 417 g/mol. The number of hydrogen-bond acceptors (Lipinski definition) is 6. The number of pyridine rings is 1. The first kappa shape index (κ1) is 21.2. The fraction of sp³-hybridized carbons (Fsp3) is 0.200. The molecule has 0 fully saturated rings. The van der Waals surface area contributed by atoms with E-state index in [4.69, 9.17) is 4.65 Å². The van der Waals surface area contributed by atoms with Crippen LogP contribution in [0.2, 0.25) is 0 Å². The summed E-state index contributed by atoms with van der Waals surface area (Å²) in [5.74, 6) is -1.29. The van der Waals surface area contributed by atoms with Gasteiger partial charge < -0.3 is 20.1 Å². The standard InChI is InChI=1S/C25H24BN3O4/c1-16(28-23-11-19-5-2-6-22(25(30)31)24(19)33-26(23)32)18-7-8-20-14-29(15-21(20)10-18)13-17-4-3-9-27-12-17/h2-10,12,23,28,32H,1,11,13-15H2,(H,30,31)/t23-/m0/s1.